The van der Waals surface area contributed by atoms with Gasteiger partial charge in [-0.15, -0.1) is 0 Å². The van der Waals surface area contributed by atoms with Crippen LogP contribution in [0.3, 0.4) is 0 Å². The van der Waals surface area contributed by atoms with Gasteiger partial charge in [0, 0.05) is 12.0 Å². The average molecular weight is 295 g/mol. The van der Waals surface area contributed by atoms with E-state index in [1.54, 1.807) is 0 Å². The maximum Gasteiger partial charge on any atom is 0.00876 e. The molecular formula is C21H29N. The molecule has 0 radical (unpaired) electrons. The Morgan fingerprint density at radius 2 is 1.50 bits per heavy atom. The Bertz CT molecular complexity index is 619. The smallest absolute Gasteiger partial charge is 0.00876 e. The van der Waals surface area contributed by atoms with Crippen molar-refractivity contribution in [2.24, 2.45) is 5.73 Å². The molecule has 0 bridgehead atoms. The maximum absolute atomic E-state index is 6.14. The summed E-state index contributed by atoms with van der Waals surface area (Å²) in [4.78, 5) is 0. The zero-order valence-corrected chi connectivity index (χ0v) is 14.6. The topological polar surface area (TPSA) is 26.0 Å². The van der Waals surface area contributed by atoms with Gasteiger partial charge < -0.3 is 5.73 Å². The number of hydrogen-bond acceptors (Lipinski definition) is 1. The third kappa shape index (κ3) is 3.78. The third-order valence-corrected chi connectivity index (χ3v) is 4.58. The highest BCUT2D eigenvalue weighted by Crippen LogP contribution is 2.29. The van der Waals surface area contributed by atoms with Crippen LogP contribution in [0.2, 0.25) is 0 Å². The minimum Gasteiger partial charge on any atom is -0.330 e. The van der Waals surface area contributed by atoms with Gasteiger partial charge in [0.25, 0.3) is 0 Å². The fourth-order valence-electron chi connectivity index (χ4n) is 2.89. The van der Waals surface area contributed by atoms with E-state index in [4.69, 9.17) is 5.73 Å². The summed E-state index contributed by atoms with van der Waals surface area (Å²) in [5.41, 5.74) is 11.7. The first-order chi connectivity index (χ1) is 10.2. The number of nitrogens with two attached hydrogens (primary N) is 1. The molecule has 1 unspecified atom stereocenters. The van der Waals surface area contributed by atoms with Crippen molar-refractivity contribution in [2.75, 3.05) is 6.54 Å². The molecule has 0 amide bonds. The van der Waals surface area contributed by atoms with Crippen molar-refractivity contribution in [2.45, 2.75) is 51.9 Å². The van der Waals surface area contributed by atoms with Crippen LogP contribution >= 0.6 is 0 Å². The Morgan fingerprint density at radius 3 is 2.00 bits per heavy atom. The van der Waals surface area contributed by atoms with Gasteiger partial charge in [0.2, 0.25) is 0 Å². The standard InChI is InChI=1S/C21H29N/c1-16-7-6-8-19(13-16)21(5,15-22)14-17-9-11-18(12-10-17)20(2,3)4/h6-13H,14-15,22H2,1-5H3. The Hall–Kier alpha value is -1.60. The van der Waals surface area contributed by atoms with Gasteiger partial charge in [0.1, 0.15) is 0 Å². The number of aryl methyl sites for hydroxylation is 1. The van der Waals surface area contributed by atoms with Crippen molar-refractivity contribution in [1.82, 2.24) is 0 Å². The Balaban J connectivity index is 2.26. The van der Waals surface area contributed by atoms with Gasteiger partial charge in [-0.2, -0.15) is 0 Å². The van der Waals surface area contributed by atoms with E-state index >= 15 is 0 Å². The van der Waals surface area contributed by atoms with Gasteiger partial charge in [0.15, 0.2) is 0 Å². The number of rotatable bonds is 4. The molecule has 2 aromatic rings. The Morgan fingerprint density at radius 1 is 0.864 bits per heavy atom. The van der Waals surface area contributed by atoms with Crippen LogP contribution < -0.4 is 5.73 Å². The number of hydrogen-bond donors (Lipinski definition) is 1. The molecule has 0 spiro atoms. The van der Waals surface area contributed by atoms with Gasteiger partial charge >= 0.3 is 0 Å². The largest absolute Gasteiger partial charge is 0.330 e. The van der Waals surface area contributed by atoms with Gasteiger partial charge in [-0.3, -0.25) is 0 Å². The van der Waals surface area contributed by atoms with Crippen molar-refractivity contribution in [1.29, 1.82) is 0 Å². The first-order valence-electron chi connectivity index (χ1n) is 8.11. The predicted octanol–water partition coefficient (Wildman–Crippen LogP) is 4.75. The average Bonchev–Trinajstić information content (AvgIpc) is 2.47. The van der Waals surface area contributed by atoms with E-state index in [1.807, 2.05) is 0 Å². The summed E-state index contributed by atoms with van der Waals surface area (Å²) in [5, 5.41) is 0. The molecule has 22 heavy (non-hydrogen) atoms. The van der Waals surface area contributed by atoms with Crippen LogP contribution in [0.25, 0.3) is 0 Å². The number of benzene rings is 2. The molecule has 118 valence electrons. The fourth-order valence-corrected chi connectivity index (χ4v) is 2.89. The van der Waals surface area contributed by atoms with Crippen molar-refractivity contribution < 1.29 is 0 Å². The minimum atomic E-state index is -0.0186. The molecule has 0 aliphatic carbocycles. The summed E-state index contributed by atoms with van der Waals surface area (Å²) < 4.78 is 0. The van der Waals surface area contributed by atoms with Crippen LogP contribution in [0.4, 0.5) is 0 Å². The van der Waals surface area contributed by atoms with Crippen LogP contribution in [-0.4, -0.2) is 6.54 Å². The van der Waals surface area contributed by atoms with Crippen molar-refractivity contribution in [3.63, 3.8) is 0 Å². The predicted molar refractivity (Wildman–Crippen MR) is 96.4 cm³/mol. The Kier molecular flexibility index (Phi) is 4.77. The molecule has 2 rings (SSSR count). The molecule has 0 fully saturated rings. The van der Waals surface area contributed by atoms with E-state index in [1.165, 1.54) is 22.3 Å². The summed E-state index contributed by atoms with van der Waals surface area (Å²) >= 11 is 0. The van der Waals surface area contributed by atoms with Gasteiger partial charge in [-0.1, -0.05) is 81.8 Å². The summed E-state index contributed by atoms with van der Waals surface area (Å²) in [6, 6.07) is 17.7. The molecule has 0 aliphatic heterocycles. The lowest BCUT2D eigenvalue weighted by molar-refractivity contribution is 0.480. The van der Waals surface area contributed by atoms with E-state index < -0.39 is 0 Å². The van der Waals surface area contributed by atoms with Crippen LogP contribution in [0.1, 0.15) is 49.9 Å². The molecule has 1 nitrogen and oxygen atoms in total. The van der Waals surface area contributed by atoms with E-state index in [0.717, 1.165) is 6.42 Å². The van der Waals surface area contributed by atoms with E-state index in [2.05, 4.69) is 83.1 Å². The second-order valence-corrected chi connectivity index (χ2v) is 7.76. The monoisotopic (exact) mass is 295 g/mol. The molecular weight excluding hydrogens is 266 g/mol. The summed E-state index contributed by atoms with van der Waals surface area (Å²) in [6.45, 7) is 11.8. The van der Waals surface area contributed by atoms with Crippen molar-refractivity contribution >= 4 is 0 Å². The Labute approximate surface area is 135 Å². The van der Waals surface area contributed by atoms with Gasteiger partial charge in [-0.25, -0.2) is 0 Å². The quantitative estimate of drug-likeness (QED) is 0.865. The second-order valence-electron chi connectivity index (χ2n) is 7.76. The summed E-state index contributed by atoms with van der Waals surface area (Å²) in [5.74, 6) is 0. The first kappa shape index (κ1) is 16.8. The minimum absolute atomic E-state index is 0.0186. The second kappa shape index (κ2) is 6.26. The lowest BCUT2D eigenvalue weighted by Crippen LogP contribution is -2.34. The zero-order valence-electron chi connectivity index (χ0n) is 14.6. The highest BCUT2D eigenvalue weighted by Gasteiger charge is 2.25. The van der Waals surface area contributed by atoms with E-state index in [0.29, 0.717) is 6.54 Å². The van der Waals surface area contributed by atoms with Crippen LogP contribution in [0.5, 0.6) is 0 Å². The maximum atomic E-state index is 6.14. The molecule has 1 heteroatoms. The molecule has 1 atom stereocenters. The molecule has 0 aliphatic rings. The third-order valence-electron chi connectivity index (χ3n) is 4.58. The zero-order chi connectivity index (χ0) is 16.4. The van der Waals surface area contributed by atoms with Crippen molar-refractivity contribution in [3.05, 3.63) is 70.8 Å². The molecule has 0 saturated heterocycles. The van der Waals surface area contributed by atoms with E-state index in [-0.39, 0.29) is 10.8 Å². The molecule has 2 aromatic carbocycles. The van der Waals surface area contributed by atoms with Gasteiger partial charge in [-0.05, 0) is 35.4 Å². The lowest BCUT2D eigenvalue weighted by Gasteiger charge is -2.29. The SMILES string of the molecule is Cc1cccc(C(C)(CN)Cc2ccc(C(C)(C)C)cc2)c1. The van der Waals surface area contributed by atoms with E-state index in [9.17, 15) is 0 Å². The first-order valence-corrected chi connectivity index (χ1v) is 8.11. The van der Waals surface area contributed by atoms with Crippen molar-refractivity contribution in [3.8, 4) is 0 Å². The van der Waals surface area contributed by atoms with Crippen LogP contribution in [0, 0.1) is 6.92 Å². The van der Waals surface area contributed by atoms with Gasteiger partial charge in [0.05, 0.1) is 0 Å². The highest BCUT2D eigenvalue weighted by molar-refractivity contribution is 5.34. The molecule has 0 aromatic heterocycles. The fraction of sp³-hybridized carbons (Fsp3) is 0.429. The summed E-state index contributed by atoms with van der Waals surface area (Å²) in [7, 11) is 0. The lowest BCUT2D eigenvalue weighted by atomic mass is 9.76. The molecule has 0 heterocycles. The van der Waals surface area contributed by atoms with Crippen LogP contribution in [-0.2, 0) is 17.3 Å². The molecule has 2 N–H and O–H groups in total. The summed E-state index contributed by atoms with van der Waals surface area (Å²) in [6.07, 6.45) is 0.970. The van der Waals surface area contributed by atoms with Crippen LogP contribution in [0.15, 0.2) is 48.5 Å². The normalized spacial score (nSPS) is 14.6. The highest BCUT2D eigenvalue weighted by atomic mass is 14.6. The molecule has 0 saturated carbocycles.